The Balaban J connectivity index is 2.37. The molecule has 0 atom stereocenters. The number of benzene rings is 2. The molecular weight excluding hydrogens is 460 g/mol. The number of rotatable bonds is 9. The molecule has 2 aromatic rings. The van der Waals surface area contributed by atoms with Gasteiger partial charge in [-0.1, -0.05) is 23.7 Å². The average molecular weight is 489 g/mol. The summed E-state index contributed by atoms with van der Waals surface area (Å²) < 4.78 is 5.56. The third-order valence-electron chi connectivity index (χ3n) is 4.87. The van der Waals surface area contributed by atoms with Gasteiger partial charge in [-0.05, 0) is 68.7 Å². The average Bonchev–Trinajstić information content (AvgIpc) is 2.75. The van der Waals surface area contributed by atoms with Crippen molar-refractivity contribution in [2.75, 3.05) is 18.9 Å². The van der Waals surface area contributed by atoms with Crippen molar-refractivity contribution in [1.29, 1.82) is 0 Å². The zero-order chi connectivity index (χ0) is 25.5. The maximum absolute atomic E-state index is 13.0. The van der Waals surface area contributed by atoms with Gasteiger partial charge in [-0.3, -0.25) is 4.79 Å². The Bertz CT molecular complexity index is 1090. The van der Waals surface area contributed by atoms with Gasteiger partial charge in [0.05, 0.1) is 17.8 Å². The Morgan fingerprint density at radius 3 is 2.41 bits per heavy atom. The van der Waals surface area contributed by atoms with Gasteiger partial charge in [0.2, 0.25) is 0 Å². The molecular formula is C25H29ClN2O6. The monoisotopic (exact) mass is 488 g/mol. The number of phenolic OH excluding ortho intramolecular Hbond substituents is 1. The fourth-order valence-corrected chi connectivity index (χ4v) is 3.53. The molecule has 0 saturated heterocycles. The summed E-state index contributed by atoms with van der Waals surface area (Å²) in [6, 6.07) is 7.61. The van der Waals surface area contributed by atoms with Gasteiger partial charge < -0.3 is 25.2 Å². The molecule has 0 unspecified atom stereocenters. The van der Waals surface area contributed by atoms with Crippen LogP contribution in [0.25, 0.3) is 6.08 Å². The molecule has 2 aromatic carbocycles. The minimum absolute atomic E-state index is 0.0334. The van der Waals surface area contributed by atoms with E-state index in [-0.39, 0.29) is 29.4 Å². The number of ether oxygens (including phenoxy) is 1. The van der Waals surface area contributed by atoms with Crippen molar-refractivity contribution in [2.45, 2.75) is 39.3 Å². The van der Waals surface area contributed by atoms with E-state index in [4.69, 9.17) is 21.4 Å². The number of aromatic hydroxyl groups is 1. The second-order valence-corrected chi connectivity index (χ2v) is 8.95. The van der Waals surface area contributed by atoms with Gasteiger partial charge in [0.1, 0.15) is 17.6 Å². The molecule has 8 nitrogen and oxygen atoms in total. The zero-order valence-corrected chi connectivity index (χ0v) is 20.3. The van der Waals surface area contributed by atoms with Gasteiger partial charge in [0.25, 0.3) is 0 Å². The molecule has 0 radical (unpaired) electrons. The van der Waals surface area contributed by atoms with Crippen LogP contribution < -0.4 is 5.32 Å². The van der Waals surface area contributed by atoms with E-state index >= 15 is 0 Å². The molecule has 9 heteroatoms. The second kappa shape index (κ2) is 11.6. The van der Waals surface area contributed by atoms with Gasteiger partial charge in [0.15, 0.2) is 0 Å². The van der Waals surface area contributed by atoms with Crippen molar-refractivity contribution in [3.63, 3.8) is 0 Å². The van der Waals surface area contributed by atoms with Crippen molar-refractivity contribution in [1.82, 2.24) is 4.90 Å². The molecule has 0 bridgehead atoms. The maximum Gasteiger partial charge on any atom is 0.410 e. The number of anilines is 1. The van der Waals surface area contributed by atoms with Gasteiger partial charge >= 0.3 is 12.1 Å². The van der Waals surface area contributed by atoms with Crippen LogP contribution in [-0.4, -0.2) is 52.7 Å². The van der Waals surface area contributed by atoms with Gasteiger partial charge in [-0.25, -0.2) is 9.59 Å². The molecule has 0 spiro atoms. The van der Waals surface area contributed by atoms with Gasteiger partial charge in [0, 0.05) is 24.2 Å². The Morgan fingerprint density at radius 2 is 1.85 bits per heavy atom. The Labute approximate surface area is 203 Å². The van der Waals surface area contributed by atoms with Crippen LogP contribution in [0, 0.1) is 0 Å². The molecule has 182 valence electrons. The highest BCUT2D eigenvalue weighted by Gasteiger charge is 2.24. The third kappa shape index (κ3) is 7.25. The minimum Gasteiger partial charge on any atom is -0.506 e. The first-order valence-electron chi connectivity index (χ1n) is 10.6. The quantitative estimate of drug-likeness (QED) is 0.259. The van der Waals surface area contributed by atoms with Gasteiger partial charge in [-0.15, -0.1) is 0 Å². The number of allylic oxidation sites excluding steroid dienone is 1. The number of nitrogens with one attached hydrogen (secondary N) is 1. The van der Waals surface area contributed by atoms with E-state index in [0.29, 0.717) is 29.5 Å². The van der Waals surface area contributed by atoms with Crippen molar-refractivity contribution in [2.24, 2.45) is 0 Å². The lowest BCUT2D eigenvalue weighted by Crippen LogP contribution is -2.37. The molecule has 0 fully saturated rings. The van der Waals surface area contributed by atoms with Crippen LogP contribution in [0.3, 0.4) is 0 Å². The van der Waals surface area contributed by atoms with Gasteiger partial charge in [-0.2, -0.15) is 0 Å². The molecule has 0 aliphatic rings. The Morgan fingerprint density at radius 1 is 1.18 bits per heavy atom. The van der Waals surface area contributed by atoms with Crippen LogP contribution in [-0.2, 0) is 22.5 Å². The van der Waals surface area contributed by atoms with Crippen molar-refractivity contribution < 1.29 is 29.3 Å². The summed E-state index contributed by atoms with van der Waals surface area (Å²) in [5.74, 6) is -1.06. The standard InChI is InChI=1S/C25H29ClN2O6/c1-25(2,3)34-24(33)28(15-18-8-7-17(23(31)32)14-20(18)26)12-11-16-9-10-21(30)22(27-4)19(16)6-5-13-29/h5-10,13-14,27,30H,11-12,15H2,1-4H3,(H,31,32)/b6-5-. The molecule has 1 amide bonds. The number of carbonyl (C=O) groups excluding carboxylic acids is 2. The third-order valence-corrected chi connectivity index (χ3v) is 5.22. The molecule has 0 heterocycles. The lowest BCUT2D eigenvalue weighted by atomic mass is 10.0. The van der Waals surface area contributed by atoms with Crippen LogP contribution in [0.5, 0.6) is 5.75 Å². The van der Waals surface area contributed by atoms with Crippen LogP contribution >= 0.6 is 11.6 Å². The predicted octanol–water partition coefficient (Wildman–Crippen LogP) is 4.98. The number of aldehydes is 1. The molecule has 0 aliphatic carbocycles. The Hall–Kier alpha value is -3.52. The van der Waals surface area contributed by atoms with E-state index in [1.54, 1.807) is 52.1 Å². The molecule has 2 rings (SSSR count). The highest BCUT2D eigenvalue weighted by Crippen LogP contribution is 2.31. The predicted molar refractivity (Wildman–Crippen MR) is 132 cm³/mol. The number of amides is 1. The van der Waals surface area contributed by atoms with E-state index in [9.17, 15) is 19.5 Å². The number of hydrogen-bond acceptors (Lipinski definition) is 6. The Kier molecular flexibility index (Phi) is 9.09. The summed E-state index contributed by atoms with van der Waals surface area (Å²) in [6.07, 6.45) is 3.39. The van der Waals surface area contributed by atoms with Crippen LogP contribution in [0.15, 0.2) is 36.4 Å². The number of carboxylic acids is 1. The fraction of sp³-hybridized carbons (Fsp3) is 0.320. The highest BCUT2D eigenvalue weighted by molar-refractivity contribution is 6.31. The summed E-state index contributed by atoms with van der Waals surface area (Å²) >= 11 is 6.29. The number of carbonyl (C=O) groups is 3. The number of carboxylic acid groups (broad SMARTS) is 1. The normalized spacial score (nSPS) is 11.3. The summed E-state index contributed by atoms with van der Waals surface area (Å²) in [7, 11) is 1.66. The summed E-state index contributed by atoms with van der Waals surface area (Å²) in [5, 5.41) is 22.5. The van der Waals surface area contributed by atoms with Crippen molar-refractivity contribution >= 4 is 41.7 Å². The highest BCUT2D eigenvalue weighted by atomic mass is 35.5. The number of phenols is 1. The number of halogens is 1. The number of aromatic carboxylic acids is 1. The van der Waals surface area contributed by atoms with Crippen LogP contribution in [0.2, 0.25) is 5.02 Å². The second-order valence-electron chi connectivity index (χ2n) is 8.54. The first-order chi connectivity index (χ1) is 16.0. The number of nitrogens with zero attached hydrogens (tertiary/aromatic N) is 1. The van der Waals surface area contributed by atoms with Crippen LogP contribution in [0.1, 0.15) is 47.8 Å². The van der Waals surface area contributed by atoms with E-state index in [0.717, 1.165) is 5.56 Å². The fourth-order valence-electron chi connectivity index (χ4n) is 3.29. The molecule has 3 N–H and O–H groups in total. The summed E-state index contributed by atoms with van der Waals surface area (Å²) in [5.41, 5.74) is 1.78. The molecule has 0 aliphatic heterocycles. The zero-order valence-electron chi connectivity index (χ0n) is 19.6. The molecule has 0 aromatic heterocycles. The van der Waals surface area contributed by atoms with E-state index in [2.05, 4.69) is 5.32 Å². The van der Waals surface area contributed by atoms with Crippen molar-refractivity contribution in [3.8, 4) is 5.75 Å². The first kappa shape index (κ1) is 26.7. The number of hydrogen-bond donors (Lipinski definition) is 3. The molecule has 34 heavy (non-hydrogen) atoms. The van der Waals surface area contributed by atoms with Crippen molar-refractivity contribution in [3.05, 3.63) is 63.7 Å². The van der Waals surface area contributed by atoms with E-state index in [1.165, 1.54) is 23.1 Å². The lowest BCUT2D eigenvalue weighted by molar-refractivity contribution is -0.104. The minimum atomic E-state index is -1.10. The largest absolute Gasteiger partial charge is 0.506 e. The smallest absolute Gasteiger partial charge is 0.410 e. The van der Waals surface area contributed by atoms with E-state index < -0.39 is 17.7 Å². The summed E-state index contributed by atoms with van der Waals surface area (Å²) in [6.45, 7) is 5.63. The van der Waals surface area contributed by atoms with E-state index in [1.807, 2.05) is 0 Å². The first-order valence-corrected chi connectivity index (χ1v) is 11.0. The van der Waals surface area contributed by atoms with Crippen LogP contribution in [0.4, 0.5) is 10.5 Å². The lowest BCUT2D eigenvalue weighted by Gasteiger charge is -2.28. The maximum atomic E-state index is 13.0. The SMILES string of the molecule is CNc1c(O)ccc(CCN(Cc2ccc(C(=O)O)cc2Cl)C(=O)OC(C)(C)C)c1/C=C\C=O. The topological polar surface area (TPSA) is 116 Å². The molecule has 0 saturated carbocycles. The summed E-state index contributed by atoms with van der Waals surface area (Å²) in [4.78, 5) is 36.5.